The number of hydrogen-bond donors (Lipinski definition) is 10. The molecule has 0 saturated carbocycles. The van der Waals surface area contributed by atoms with Crippen LogP contribution in [0.15, 0.2) is 154 Å². The van der Waals surface area contributed by atoms with Gasteiger partial charge in [0.1, 0.15) is 53.7 Å². The van der Waals surface area contributed by atoms with E-state index in [4.69, 9.17) is 21.8 Å². The summed E-state index contributed by atoms with van der Waals surface area (Å²) in [6.45, 7) is -1.56. The Hall–Kier alpha value is -6.76. The average Bonchev–Trinajstić information content (AvgIpc) is 1.04. The number of aromatic hydroxyl groups is 1. The molecular formula is C38H36N11O25PS9. The summed E-state index contributed by atoms with van der Waals surface area (Å²) >= 11 is -3.17. The molecule has 0 saturated heterocycles. The first-order valence-corrected chi connectivity index (χ1v) is 35.5. The second kappa shape index (κ2) is 25.1. The number of phenols is 1. The number of anilines is 3. The summed E-state index contributed by atoms with van der Waals surface area (Å²) in [5, 5.41) is 40.1. The Labute approximate surface area is 480 Å². The Kier molecular flexibility index (Phi) is 19.8. The van der Waals surface area contributed by atoms with Crippen LogP contribution in [0.5, 0.6) is 5.75 Å². The summed E-state index contributed by atoms with van der Waals surface area (Å²) in [5.41, 5.74) is 10.2. The minimum atomic E-state index is -5.57. The Morgan fingerprint density at radius 2 is 0.988 bits per heavy atom. The van der Waals surface area contributed by atoms with E-state index in [1.54, 1.807) is 8.44 Å². The molecule has 6 aromatic rings. The third kappa shape index (κ3) is 16.2. The van der Waals surface area contributed by atoms with Crippen LogP contribution in [0.4, 0.5) is 62.6 Å². The number of rotatable bonds is 23. The van der Waals surface area contributed by atoms with Crippen LogP contribution in [0.25, 0.3) is 10.8 Å². The van der Waals surface area contributed by atoms with Gasteiger partial charge in [0.15, 0.2) is 47.2 Å². The molecule has 84 heavy (non-hydrogen) atoms. The minimum absolute atomic E-state index is 0.116. The SMILES string of the molecule is Nc1c(/N=N/c2ccc(S(=O)(=O)CCOS(=O)(=O)O)cc2)cc(S(=O)(=O)O)c(N)c1/N=N/c1ccc(S(=O)(=O)O)c(/N=N/c2c(S(=O)(=O)O)cc3cc(S(=O)O)c(/N=N/c4ccc(S(=O)(=O)CCOS(=O)P)cc4S(=O)(=O)O)c(N)c3c2O)c1. The highest BCUT2D eigenvalue weighted by Gasteiger charge is 2.29. The first kappa shape index (κ1) is 66.4. The fourth-order valence-electron chi connectivity index (χ4n) is 6.81. The Bertz CT molecular complexity index is 4730. The highest BCUT2D eigenvalue weighted by Crippen LogP contribution is 2.49. The molecule has 6 aromatic carbocycles. The van der Waals surface area contributed by atoms with Crippen LogP contribution in [-0.4, -0.2) is 124 Å². The number of nitrogens with zero attached hydrogens (tertiary/aromatic N) is 8. The van der Waals surface area contributed by atoms with Gasteiger partial charge in [0.05, 0.1) is 73.2 Å². The van der Waals surface area contributed by atoms with Crippen molar-refractivity contribution in [1.29, 1.82) is 0 Å². The van der Waals surface area contributed by atoms with Crippen LogP contribution in [0.1, 0.15) is 0 Å². The van der Waals surface area contributed by atoms with Crippen LogP contribution in [0.2, 0.25) is 0 Å². The van der Waals surface area contributed by atoms with Crippen LogP contribution in [-0.2, 0) is 101 Å². The fraction of sp³-hybridized carbons (Fsp3) is 0.105. The van der Waals surface area contributed by atoms with Crippen LogP contribution < -0.4 is 17.2 Å². The van der Waals surface area contributed by atoms with E-state index in [1.165, 1.54) is 0 Å². The molecule has 0 heterocycles. The highest BCUT2D eigenvalue weighted by molar-refractivity contribution is 8.30. The van der Waals surface area contributed by atoms with Gasteiger partial charge in [0, 0.05) is 0 Å². The third-order valence-electron chi connectivity index (χ3n) is 10.6. The number of nitrogens with two attached hydrogens (primary N) is 3. The zero-order chi connectivity index (χ0) is 62.9. The van der Waals surface area contributed by atoms with E-state index in [1.807, 2.05) is 0 Å². The van der Waals surface area contributed by atoms with Crippen molar-refractivity contribution in [3.05, 3.63) is 78.9 Å². The van der Waals surface area contributed by atoms with Gasteiger partial charge in [-0.05, 0) is 92.7 Å². The van der Waals surface area contributed by atoms with E-state index in [2.05, 4.69) is 49.3 Å². The van der Waals surface area contributed by atoms with Gasteiger partial charge in [-0.25, -0.2) is 29.4 Å². The lowest BCUT2D eigenvalue weighted by molar-refractivity contribution is 0.283. The van der Waals surface area contributed by atoms with E-state index in [-0.39, 0.29) is 10.6 Å². The van der Waals surface area contributed by atoms with Crippen molar-refractivity contribution >= 4 is 174 Å². The normalized spacial score (nSPS) is 14.1. The summed E-state index contributed by atoms with van der Waals surface area (Å²) in [4.78, 5) is -6.68. The molecule has 452 valence electrons. The molecule has 0 spiro atoms. The van der Waals surface area contributed by atoms with Gasteiger partial charge < -0.3 is 26.9 Å². The highest BCUT2D eigenvalue weighted by atomic mass is 32.7. The summed E-state index contributed by atoms with van der Waals surface area (Å²) in [6.07, 6.45) is 0. The topological polar surface area (TPSA) is 610 Å². The smallest absolute Gasteiger partial charge is 0.397 e. The van der Waals surface area contributed by atoms with Gasteiger partial charge >= 0.3 is 10.4 Å². The molecule has 0 bridgehead atoms. The van der Waals surface area contributed by atoms with E-state index >= 15 is 0 Å². The molecule has 3 unspecified atom stereocenters. The van der Waals surface area contributed by atoms with Crippen molar-refractivity contribution in [2.75, 3.05) is 41.9 Å². The molecule has 0 aliphatic heterocycles. The molecule has 0 aromatic heterocycles. The molecule has 0 radical (unpaired) electrons. The van der Waals surface area contributed by atoms with Crippen molar-refractivity contribution in [2.45, 2.75) is 34.3 Å². The van der Waals surface area contributed by atoms with Gasteiger partial charge in [0.2, 0.25) is 0 Å². The molecule has 0 aliphatic carbocycles. The Balaban J connectivity index is 1.44. The summed E-state index contributed by atoms with van der Waals surface area (Å²) in [6, 6.07) is 10.1. The Morgan fingerprint density at radius 3 is 1.56 bits per heavy atom. The maximum Gasteiger partial charge on any atom is 0.397 e. The molecule has 0 amide bonds. The second-order valence-electron chi connectivity index (χ2n) is 16.1. The number of sulfone groups is 2. The van der Waals surface area contributed by atoms with Gasteiger partial charge in [-0.2, -0.15) is 52.3 Å². The van der Waals surface area contributed by atoms with Crippen molar-refractivity contribution in [3.8, 4) is 5.75 Å². The van der Waals surface area contributed by atoms with Gasteiger partial charge in [-0.3, -0.25) is 26.9 Å². The number of phenolic OH excluding ortho intramolecular Hbond substituents is 1. The third-order valence-corrected chi connectivity index (χ3v) is 19.4. The molecular weight excluding hydrogens is 1330 g/mol. The van der Waals surface area contributed by atoms with E-state index in [0.29, 0.717) is 36.4 Å². The predicted molar refractivity (Wildman–Crippen MR) is 295 cm³/mol. The fourth-order valence-corrected chi connectivity index (χ4v) is 13.2. The largest absolute Gasteiger partial charge is 0.505 e. The number of hydrogen-bond acceptors (Lipinski definition) is 30. The lowest BCUT2D eigenvalue weighted by Gasteiger charge is -2.14. The minimum Gasteiger partial charge on any atom is -0.505 e. The second-order valence-corrected chi connectivity index (χ2v) is 29.8. The van der Waals surface area contributed by atoms with Crippen LogP contribution in [0, 0.1) is 0 Å². The molecule has 3 atom stereocenters. The average molecular weight is 1370 g/mol. The zero-order valence-electron chi connectivity index (χ0n) is 40.9. The number of nitrogen functional groups attached to an aromatic ring is 3. The number of benzene rings is 6. The van der Waals surface area contributed by atoms with E-state index in [9.17, 15) is 95.2 Å². The van der Waals surface area contributed by atoms with E-state index < -0.39 is 220 Å². The number of fused-ring (bicyclic) bond motifs is 1. The standard InChI is InChI=1S/C38H36N11O25PS9/c39-32-25(46-42-19-1-4-21(5-2-19)78(54,55)12-10-74-84(70,71)72)17-29(82(64,65)66)33(40)37(32)49-43-20-3-8-27(80(58,59)60)24(15-20)45-48-36-30(83(67,68)69)14-18-13-26(76(51)52)35(34(41)31(18)38(36)50)47-44-23-7-6-22(16-28(23)81(61,62)63)79(56,57)11-9-73-77(53)75/h1-8,13-17,50H,9-12,39-41,75H2,(H,51,52)(H,58,59,60)(H,61,62,63)(H,64,65,66)(H,67,68,69)(H,70,71,72)/b46-42+,47-44+,48-45+,49-43+. The lowest BCUT2D eigenvalue weighted by atomic mass is 10.1. The van der Waals surface area contributed by atoms with Gasteiger partial charge in [0.25, 0.3) is 40.5 Å². The van der Waals surface area contributed by atoms with Crippen molar-refractivity contribution in [1.82, 2.24) is 0 Å². The first-order chi connectivity index (χ1) is 38.6. The molecule has 46 heteroatoms. The van der Waals surface area contributed by atoms with Crippen LogP contribution >= 0.6 is 8.44 Å². The molecule has 0 fully saturated rings. The van der Waals surface area contributed by atoms with Crippen molar-refractivity contribution < 1.29 is 108 Å². The predicted octanol–water partition coefficient (Wildman–Crippen LogP) is 5.36. The Morgan fingerprint density at radius 1 is 0.476 bits per heavy atom. The zero-order valence-corrected chi connectivity index (χ0v) is 49.4. The van der Waals surface area contributed by atoms with Gasteiger partial charge in [-0.15, -0.1) is 30.7 Å². The van der Waals surface area contributed by atoms with Crippen molar-refractivity contribution in [2.24, 2.45) is 40.9 Å². The first-order valence-electron chi connectivity index (χ1n) is 21.4. The lowest BCUT2D eigenvalue weighted by Crippen LogP contribution is -2.15. The summed E-state index contributed by atoms with van der Waals surface area (Å²) in [5.74, 6) is -3.08. The molecule has 36 nitrogen and oxygen atoms in total. The molecule has 0 aliphatic rings. The van der Waals surface area contributed by atoms with E-state index in [0.717, 1.165) is 42.5 Å². The molecule has 6 rings (SSSR count). The molecule has 13 N–H and O–H groups in total. The summed E-state index contributed by atoms with van der Waals surface area (Å²) < 4.78 is 265. The van der Waals surface area contributed by atoms with Crippen LogP contribution in [0.3, 0.4) is 0 Å². The maximum absolute atomic E-state index is 12.9. The quantitative estimate of drug-likeness (QED) is 0.0127. The van der Waals surface area contributed by atoms with Gasteiger partial charge in [-0.1, -0.05) is 0 Å². The monoisotopic (exact) mass is 1360 g/mol. The van der Waals surface area contributed by atoms with Crippen molar-refractivity contribution in [3.63, 3.8) is 0 Å². The number of azo groups is 4. The maximum atomic E-state index is 12.9. The summed E-state index contributed by atoms with van der Waals surface area (Å²) in [7, 11) is -35.3.